The Balaban J connectivity index is 1.65. The first-order valence-corrected chi connectivity index (χ1v) is 6.98. The number of nitrogens with zero attached hydrogens (tertiary/aromatic N) is 3. The monoisotopic (exact) mass is 246 g/mol. The van der Waals surface area contributed by atoms with E-state index in [1.165, 1.54) is 25.7 Å². The smallest absolute Gasteiger partial charge is 0.224 e. The summed E-state index contributed by atoms with van der Waals surface area (Å²) in [6.45, 7) is 1.14. The lowest BCUT2D eigenvalue weighted by Crippen LogP contribution is -2.29. The van der Waals surface area contributed by atoms with Crippen LogP contribution in [-0.4, -0.2) is 30.6 Å². The summed E-state index contributed by atoms with van der Waals surface area (Å²) in [5.41, 5.74) is 0. The van der Waals surface area contributed by atoms with Gasteiger partial charge in [-0.05, 0) is 43.1 Å². The number of nitrogens with one attached hydrogen (secondary N) is 1. The van der Waals surface area contributed by atoms with Gasteiger partial charge in [-0.25, -0.2) is 4.98 Å². The summed E-state index contributed by atoms with van der Waals surface area (Å²) in [7, 11) is 4.00. The third-order valence-electron chi connectivity index (χ3n) is 4.65. The van der Waals surface area contributed by atoms with Crippen LogP contribution in [0.3, 0.4) is 0 Å². The Morgan fingerprint density at radius 3 is 2.94 bits per heavy atom. The molecule has 1 aromatic heterocycles. The molecule has 0 radical (unpaired) electrons. The number of fused-ring (bicyclic) bond motifs is 2. The van der Waals surface area contributed by atoms with E-state index in [4.69, 9.17) is 0 Å². The number of hydrogen-bond acceptors (Lipinski definition) is 4. The van der Waals surface area contributed by atoms with Crippen LogP contribution < -0.4 is 10.2 Å². The van der Waals surface area contributed by atoms with Gasteiger partial charge in [-0.3, -0.25) is 0 Å². The maximum absolute atomic E-state index is 4.50. The first kappa shape index (κ1) is 11.8. The zero-order valence-electron chi connectivity index (χ0n) is 11.3. The summed E-state index contributed by atoms with van der Waals surface area (Å²) < 4.78 is 0. The molecule has 1 aromatic rings. The molecule has 0 saturated heterocycles. The van der Waals surface area contributed by atoms with Gasteiger partial charge in [-0.15, -0.1) is 0 Å². The normalized spacial score (nSPS) is 29.6. The van der Waals surface area contributed by atoms with Crippen molar-refractivity contribution in [3.63, 3.8) is 0 Å². The molecule has 0 aromatic carbocycles. The van der Waals surface area contributed by atoms with Crippen LogP contribution >= 0.6 is 0 Å². The third kappa shape index (κ3) is 2.16. The molecule has 3 rings (SSSR count). The van der Waals surface area contributed by atoms with Crippen molar-refractivity contribution in [1.82, 2.24) is 9.97 Å². The van der Waals surface area contributed by atoms with E-state index in [0.717, 1.165) is 30.1 Å². The largest absolute Gasteiger partial charge is 0.359 e. The second-order valence-electron chi connectivity index (χ2n) is 5.80. The Morgan fingerprint density at radius 2 is 2.28 bits per heavy atom. The van der Waals surface area contributed by atoms with Gasteiger partial charge in [0.2, 0.25) is 5.95 Å². The van der Waals surface area contributed by atoms with Gasteiger partial charge in [0, 0.05) is 26.8 Å². The lowest BCUT2D eigenvalue weighted by molar-refractivity contribution is 0.337. The predicted octanol–water partition coefficient (Wildman–Crippen LogP) is 2.39. The fraction of sp³-hybridized carbons (Fsp3) is 0.714. The molecule has 2 aliphatic rings. The first-order chi connectivity index (χ1) is 8.76. The van der Waals surface area contributed by atoms with E-state index in [2.05, 4.69) is 27.2 Å². The predicted molar refractivity (Wildman–Crippen MR) is 73.8 cm³/mol. The molecule has 0 spiro atoms. The zero-order valence-corrected chi connectivity index (χ0v) is 11.3. The summed E-state index contributed by atoms with van der Waals surface area (Å²) in [6.07, 6.45) is 7.66. The van der Waals surface area contributed by atoms with Crippen molar-refractivity contribution in [3.8, 4) is 0 Å². The lowest BCUT2D eigenvalue weighted by atomic mass is 9.88. The van der Waals surface area contributed by atoms with Crippen LogP contribution in [0.4, 0.5) is 11.8 Å². The van der Waals surface area contributed by atoms with E-state index < -0.39 is 0 Å². The third-order valence-corrected chi connectivity index (χ3v) is 4.65. The molecular formula is C14H22N4. The Morgan fingerprint density at radius 1 is 1.39 bits per heavy atom. The molecule has 4 heteroatoms. The van der Waals surface area contributed by atoms with Gasteiger partial charge in [0.05, 0.1) is 0 Å². The van der Waals surface area contributed by atoms with Gasteiger partial charge in [-0.2, -0.15) is 4.98 Å². The SMILES string of the molecule is CNc1nccc(N(C)CC2CC3CCC2C3)n1. The molecule has 2 bridgehead atoms. The van der Waals surface area contributed by atoms with Gasteiger partial charge in [0.25, 0.3) is 0 Å². The van der Waals surface area contributed by atoms with Crippen LogP contribution in [-0.2, 0) is 0 Å². The fourth-order valence-corrected chi connectivity index (χ4v) is 3.73. The number of hydrogen-bond donors (Lipinski definition) is 1. The zero-order chi connectivity index (χ0) is 12.5. The second-order valence-corrected chi connectivity index (χ2v) is 5.80. The highest BCUT2D eigenvalue weighted by atomic mass is 15.2. The molecule has 2 fully saturated rings. The van der Waals surface area contributed by atoms with Gasteiger partial charge in [0.1, 0.15) is 5.82 Å². The molecule has 3 unspecified atom stereocenters. The quantitative estimate of drug-likeness (QED) is 0.885. The number of rotatable bonds is 4. The van der Waals surface area contributed by atoms with Crippen LogP contribution in [0.15, 0.2) is 12.3 Å². The summed E-state index contributed by atoms with van der Waals surface area (Å²) >= 11 is 0. The average Bonchev–Trinajstić information content (AvgIpc) is 3.01. The minimum absolute atomic E-state index is 0.701. The molecule has 1 N–H and O–H groups in total. The lowest BCUT2D eigenvalue weighted by Gasteiger charge is -2.27. The van der Waals surface area contributed by atoms with Gasteiger partial charge in [0.15, 0.2) is 0 Å². The van der Waals surface area contributed by atoms with Crippen molar-refractivity contribution in [2.24, 2.45) is 17.8 Å². The number of anilines is 2. The highest BCUT2D eigenvalue weighted by molar-refractivity contribution is 5.41. The van der Waals surface area contributed by atoms with Crippen molar-refractivity contribution >= 4 is 11.8 Å². The van der Waals surface area contributed by atoms with Crippen LogP contribution in [0.1, 0.15) is 25.7 Å². The van der Waals surface area contributed by atoms with Crippen LogP contribution in [0.2, 0.25) is 0 Å². The minimum atomic E-state index is 0.701. The van der Waals surface area contributed by atoms with E-state index in [9.17, 15) is 0 Å². The van der Waals surface area contributed by atoms with E-state index in [1.807, 2.05) is 19.3 Å². The molecule has 0 aliphatic heterocycles. The van der Waals surface area contributed by atoms with Crippen molar-refractivity contribution in [3.05, 3.63) is 12.3 Å². The average molecular weight is 246 g/mol. The van der Waals surface area contributed by atoms with Gasteiger partial charge >= 0.3 is 0 Å². The van der Waals surface area contributed by atoms with E-state index in [0.29, 0.717) is 5.95 Å². The van der Waals surface area contributed by atoms with Crippen LogP contribution in [0.5, 0.6) is 0 Å². The molecule has 18 heavy (non-hydrogen) atoms. The minimum Gasteiger partial charge on any atom is -0.359 e. The number of aromatic nitrogens is 2. The van der Waals surface area contributed by atoms with Crippen molar-refractivity contribution < 1.29 is 0 Å². The molecule has 2 saturated carbocycles. The molecule has 98 valence electrons. The molecule has 3 atom stereocenters. The molecule has 4 nitrogen and oxygen atoms in total. The van der Waals surface area contributed by atoms with Crippen LogP contribution in [0.25, 0.3) is 0 Å². The standard InChI is InChI=1S/C14H22N4/c1-15-14-16-6-5-13(17-14)18(2)9-12-8-10-3-4-11(12)7-10/h5-6,10-12H,3-4,7-9H2,1-2H3,(H,15,16,17). The Kier molecular flexibility index (Phi) is 3.10. The van der Waals surface area contributed by atoms with E-state index in [1.54, 1.807) is 0 Å². The maximum Gasteiger partial charge on any atom is 0.224 e. The summed E-state index contributed by atoms with van der Waals surface area (Å²) in [5.74, 6) is 4.60. The summed E-state index contributed by atoms with van der Waals surface area (Å²) in [6, 6.07) is 1.99. The van der Waals surface area contributed by atoms with Crippen molar-refractivity contribution in [2.75, 3.05) is 30.9 Å². The fourth-order valence-electron chi connectivity index (χ4n) is 3.73. The van der Waals surface area contributed by atoms with Gasteiger partial charge in [-0.1, -0.05) is 6.42 Å². The van der Waals surface area contributed by atoms with E-state index in [-0.39, 0.29) is 0 Å². The van der Waals surface area contributed by atoms with Crippen molar-refractivity contribution in [2.45, 2.75) is 25.7 Å². The first-order valence-electron chi connectivity index (χ1n) is 6.98. The summed E-state index contributed by atoms with van der Waals surface area (Å²) in [5, 5.41) is 2.99. The highest BCUT2D eigenvalue weighted by Gasteiger charge is 2.39. The second kappa shape index (κ2) is 4.75. The Bertz CT molecular complexity index is 420. The Labute approximate surface area is 109 Å². The highest BCUT2D eigenvalue weighted by Crippen LogP contribution is 2.48. The maximum atomic E-state index is 4.50. The Hall–Kier alpha value is -1.32. The van der Waals surface area contributed by atoms with Crippen molar-refractivity contribution in [1.29, 1.82) is 0 Å². The molecule has 2 aliphatic carbocycles. The summed E-state index contributed by atoms with van der Waals surface area (Å²) in [4.78, 5) is 10.9. The van der Waals surface area contributed by atoms with E-state index >= 15 is 0 Å². The topological polar surface area (TPSA) is 41.1 Å². The molecule has 0 amide bonds. The van der Waals surface area contributed by atoms with Crippen LogP contribution in [0, 0.1) is 17.8 Å². The van der Waals surface area contributed by atoms with Gasteiger partial charge < -0.3 is 10.2 Å². The molecular weight excluding hydrogens is 224 g/mol. The molecule has 1 heterocycles.